The zero-order valence-electron chi connectivity index (χ0n) is 12.9. The van der Waals surface area contributed by atoms with Crippen molar-refractivity contribution in [2.24, 2.45) is 0 Å². The summed E-state index contributed by atoms with van der Waals surface area (Å²) in [4.78, 5) is 3.90. The first kappa shape index (κ1) is 16.5. The number of hydrogen-bond donors (Lipinski definition) is 0. The summed E-state index contributed by atoms with van der Waals surface area (Å²) in [5.74, 6) is 0. The summed E-state index contributed by atoms with van der Waals surface area (Å²) >= 11 is 5.85. The molecule has 0 saturated heterocycles. The molecule has 8 heteroatoms. The highest BCUT2D eigenvalue weighted by Gasteiger charge is 2.09. The molecule has 0 aliphatic carbocycles. The molecule has 0 spiro atoms. The Kier molecular flexibility index (Phi) is 4.55. The van der Waals surface area contributed by atoms with Crippen LogP contribution in [0, 0.1) is 6.92 Å². The van der Waals surface area contributed by atoms with Crippen LogP contribution in [0.1, 0.15) is 11.1 Å². The highest BCUT2D eigenvalue weighted by Crippen LogP contribution is 2.15. The third-order valence-corrected chi connectivity index (χ3v) is 4.87. The van der Waals surface area contributed by atoms with Gasteiger partial charge in [0.25, 0.3) is 6.33 Å². The van der Waals surface area contributed by atoms with Crippen LogP contribution in [-0.2, 0) is 16.6 Å². The highest BCUT2D eigenvalue weighted by atomic mass is 35.5. The summed E-state index contributed by atoms with van der Waals surface area (Å²) in [6.07, 6.45) is 2.86. The fourth-order valence-corrected chi connectivity index (χ4v) is 3.13. The number of nitrogens with zero attached hydrogens (tertiary/aromatic N) is 4. The first-order valence-corrected chi connectivity index (χ1v) is 8.97. The molecule has 3 aromatic rings. The SMILES string of the molecule is Cc1ccc(S(=O)(=O)[N-][n+]2cnn(Cc3ccc(Cl)cc3)c2)cc1. The van der Waals surface area contributed by atoms with E-state index < -0.39 is 10.0 Å². The lowest BCUT2D eigenvalue weighted by atomic mass is 10.2. The second-order valence-corrected chi connectivity index (χ2v) is 7.34. The molecule has 0 fully saturated rings. The molecule has 6 nitrogen and oxygen atoms in total. The molecule has 0 radical (unpaired) electrons. The van der Waals surface area contributed by atoms with Crippen molar-refractivity contribution < 1.29 is 13.1 Å². The van der Waals surface area contributed by atoms with E-state index in [9.17, 15) is 8.42 Å². The van der Waals surface area contributed by atoms with E-state index in [-0.39, 0.29) is 4.90 Å². The third kappa shape index (κ3) is 3.93. The first-order valence-electron chi connectivity index (χ1n) is 7.15. The number of hydrogen-bond acceptors (Lipinski definition) is 3. The van der Waals surface area contributed by atoms with E-state index in [1.165, 1.54) is 29.5 Å². The molecule has 0 aliphatic rings. The minimum Gasteiger partial charge on any atom is -0.439 e. The maximum Gasteiger partial charge on any atom is 0.255 e. The molecule has 24 heavy (non-hydrogen) atoms. The summed E-state index contributed by atoms with van der Waals surface area (Å²) in [6, 6.07) is 13.9. The van der Waals surface area contributed by atoms with Crippen molar-refractivity contribution in [2.75, 3.05) is 0 Å². The van der Waals surface area contributed by atoms with Gasteiger partial charge in [-0.05, 0) is 36.8 Å². The van der Waals surface area contributed by atoms with Crippen molar-refractivity contribution in [1.82, 2.24) is 9.78 Å². The van der Waals surface area contributed by atoms with Crippen LogP contribution in [0.25, 0.3) is 4.83 Å². The van der Waals surface area contributed by atoms with Crippen LogP contribution in [0.2, 0.25) is 5.02 Å². The third-order valence-electron chi connectivity index (χ3n) is 3.35. The van der Waals surface area contributed by atoms with Gasteiger partial charge < -0.3 is 4.83 Å². The number of rotatable bonds is 5. The predicted octanol–water partition coefficient (Wildman–Crippen LogP) is 2.71. The Morgan fingerprint density at radius 3 is 2.46 bits per heavy atom. The minimum absolute atomic E-state index is 0.144. The first-order chi connectivity index (χ1) is 11.4. The Balaban J connectivity index is 1.73. The van der Waals surface area contributed by atoms with Crippen LogP contribution >= 0.6 is 11.6 Å². The number of benzene rings is 2. The fourth-order valence-electron chi connectivity index (χ4n) is 2.10. The van der Waals surface area contributed by atoms with Crippen LogP contribution in [0.5, 0.6) is 0 Å². The quantitative estimate of drug-likeness (QED) is 0.655. The summed E-state index contributed by atoms with van der Waals surface area (Å²) in [5.41, 5.74) is 1.98. The maximum absolute atomic E-state index is 12.3. The molecule has 2 aromatic carbocycles. The van der Waals surface area contributed by atoms with E-state index >= 15 is 0 Å². The second-order valence-electron chi connectivity index (χ2n) is 5.32. The average Bonchev–Trinajstić information content (AvgIpc) is 2.96. The molecule has 0 atom stereocenters. The maximum atomic E-state index is 12.3. The Hall–Kier alpha value is -2.38. The Morgan fingerprint density at radius 1 is 1.12 bits per heavy atom. The number of sulfonamides is 1. The van der Waals surface area contributed by atoms with Gasteiger partial charge in [0.15, 0.2) is 0 Å². The Labute approximate surface area is 145 Å². The standard InChI is InChI=1S/C16H15ClN4O2S/c1-13-2-8-16(9-3-13)24(22,23)19-21-11-18-20(12-21)10-14-4-6-15(17)7-5-14/h2-9,11-12H,10H2,1H3. The molecule has 1 heterocycles. The van der Waals surface area contributed by atoms with Crippen molar-refractivity contribution >= 4 is 21.6 Å². The van der Waals surface area contributed by atoms with Gasteiger partial charge in [0.1, 0.15) is 16.6 Å². The van der Waals surface area contributed by atoms with Gasteiger partial charge in [-0.25, -0.2) is 8.42 Å². The summed E-state index contributed by atoms with van der Waals surface area (Å²) in [6.45, 7) is 2.38. The normalized spacial score (nSPS) is 11.4. The molecule has 0 aliphatic heterocycles. The lowest BCUT2D eigenvalue weighted by Crippen LogP contribution is -2.29. The lowest BCUT2D eigenvalue weighted by Gasteiger charge is -2.17. The molecule has 1 aromatic heterocycles. The largest absolute Gasteiger partial charge is 0.439 e. The molecule has 0 bridgehead atoms. The molecular weight excluding hydrogens is 348 g/mol. The molecule has 0 N–H and O–H groups in total. The van der Waals surface area contributed by atoms with Crippen molar-refractivity contribution in [2.45, 2.75) is 18.4 Å². The number of halogens is 1. The van der Waals surface area contributed by atoms with Crippen LogP contribution in [0.15, 0.2) is 66.1 Å². The average molecular weight is 363 g/mol. The zero-order chi connectivity index (χ0) is 17.2. The molecule has 3 rings (SSSR count). The molecule has 0 amide bonds. The van der Waals surface area contributed by atoms with Gasteiger partial charge in [-0.15, -0.1) is 4.68 Å². The van der Waals surface area contributed by atoms with Gasteiger partial charge >= 0.3 is 0 Å². The van der Waals surface area contributed by atoms with Gasteiger partial charge in [0.05, 0.1) is 4.90 Å². The van der Waals surface area contributed by atoms with E-state index in [0.29, 0.717) is 11.6 Å². The van der Waals surface area contributed by atoms with E-state index in [1.54, 1.807) is 28.9 Å². The Bertz CT molecular complexity index is 935. The van der Waals surface area contributed by atoms with Crippen LogP contribution < -0.4 is 4.68 Å². The summed E-state index contributed by atoms with van der Waals surface area (Å²) in [5, 5.41) is 4.77. The van der Waals surface area contributed by atoms with E-state index in [1.807, 2.05) is 19.1 Å². The smallest absolute Gasteiger partial charge is 0.255 e. The molecule has 0 unspecified atom stereocenters. The van der Waals surface area contributed by atoms with E-state index in [2.05, 4.69) is 9.93 Å². The van der Waals surface area contributed by atoms with E-state index in [0.717, 1.165) is 11.1 Å². The predicted molar refractivity (Wildman–Crippen MR) is 90.1 cm³/mol. The van der Waals surface area contributed by atoms with Gasteiger partial charge in [-0.2, -0.15) is 0 Å². The monoisotopic (exact) mass is 362 g/mol. The number of aryl methyl sites for hydroxylation is 1. The highest BCUT2D eigenvalue weighted by molar-refractivity contribution is 7.93. The fraction of sp³-hybridized carbons (Fsp3) is 0.125. The van der Waals surface area contributed by atoms with Gasteiger partial charge in [0.2, 0.25) is 6.33 Å². The Morgan fingerprint density at radius 2 is 1.79 bits per heavy atom. The van der Waals surface area contributed by atoms with Gasteiger partial charge in [-0.1, -0.05) is 41.4 Å². The molecular formula is C16H15ClN4O2S. The van der Waals surface area contributed by atoms with Gasteiger partial charge in [0, 0.05) is 10.1 Å². The summed E-state index contributed by atoms with van der Waals surface area (Å²) < 4.78 is 27.3. The van der Waals surface area contributed by atoms with Gasteiger partial charge in [-0.3, -0.25) is 4.68 Å². The van der Waals surface area contributed by atoms with Crippen molar-refractivity contribution in [3.63, 3.8) is 0 Å². The topological polar surface area (TPSA) is 69.9 Å². The van der Waals surface area contributed by atoms with Crippen molar-refractivity contribution in [3.8, 4) is 0 Å². The summed E-state index contributed by atoms with van der Waals surface area (Å²) in [7, 11) is -3.78. The second kappa shape index (κ2) is 6.62. The van der Waals surface area contributed by atoms with E-state index in [4.69, 9.17) is 11.6 Å². The molecule has 0 saturated carbocycles. The minimum atomic E-state index is -3.78. The van der Waals surface area contributed by atoms with Crippen molar-refractivity contribution in [3.05, 3.63) is 82.2 Å². The number of aromatic nitrogens is 3. The van der Waals surface area contributed by atoms with Crippen molar-refractivity contribution in [1.29, 1.82) is 0 Å². The van der Waals surface area contributed by atoms with Crippen LogP contribution in [-0.4, -0.2) is 18.2 Å². The lowest BCUT2D eigenvalue weighted by molar-refractivity contribution is -0.614. The molecule has 124 valence electrons. The zero-order valence-corrected chi connectivity index (χ0v) is 14.4. The van der Waals surface area contributed by atoms with Crippen LogP contribution in [0.3, 0.4) is 0 Å². The van der Waals surface area contributed by atoms with Crippen LogP contribution in [0.4, 0.5) is 0 Å².